The molecular formula is C9H9N3. The Morgan fingerprint density at radius 1 is 1.42 bits per heavy atom. The molecule has 0 aromatic carbocycles. The normalized spacial score (nSPS) is 17.7. The minimum atomic E-state index is 0.149. The third-order valence-electron chi connectivity index (χ3n) is 1.67. The van der Waals surface area contributed by atoms with Crippen molar-refractivity contribution < 1.29 is 0 Å². The van der Waals surface area contributed by atoms with Gasteiger partial charge in [0.15, 0.2) is 0 Å². The van der Waals surface area contributed by atoms with Crippen molar-refractivity contribution in [2.24, 2.45) is 0 Å². The molecular weight excluding hydrogens is 150 g/mol. The summed E-state index contributed by atoms with van der Waals surface area (Å²) in [6.45, 7) is 0.994. The molecule has 1 heterocycles. The highest BCUT2D eigenvalue weighted by Crippen LogP contribution is 2.08. The number of allylic oxidation sites excluding steroid dienone is 4. The summed E-state index contributed by atoms with van der Waals surface area (Å²) < 4.78 is 0. The summed E-state index contributed by atoms with van der Waals surface area (Å²) in [5.74, 6) is 0. The molecule has 1 saturated heterocycles. The van der Waals surface area contributed by atoms with E-state index < -0.39 is 0 Å². The fourth-order valence-corrected chi connectivity index (χ4v) is 1.04. The van der Waals surface area contributed by atoms with E-state index in [4.69, 9.17) is 10.5 Å². The van der Waals surface area contributed by atoms with E-state index in [1.54, 1.807) is 24.3 Å². The van der Waals surface area contributed by atoms with E-state index in [1.807, 2.05) is 0 Å². The molecule has 0 saturated carbocycles. The van der Waals surface area contributed by atoms with Crippen LogP contribution in [0, 0.1) is 22.7 Å². The minimum Gasteiger partial charge on any atom is -0.388 e. The summed E-state index contributed by atoms with van der Waals surface area (Å²) >= 11 is 0. The Morgan fingerprint density at radius 3 is 2.67 bits per heavy atom. The standard InChI is InChI=1S/C9H9N3/c10-6-8(7-11)3-4-9-2-1-5-12-9/h3-4,12H,1-2,5H2/b9-4+. The van der Waals surface area contributed by atoms with Gasteiger partial charge >= 0.3 is 0 Å². The molecule has 1 aliphatic rings. The van der Waals surface area contributed by atoms with Crippen LogP contribution in [0.15, 0.2) is 23.4 Å². The fourth-order valence-electron chi connectivity index (χ4n) is 1.04. The Kier molecular flexibility index (Phi) is 2.93. The smallest absolute Gasteiger partial charge is 0.129 e. The zero-order valence-electron chi connectivity index (χ0n) is 6.67. The van der Waals surface area contributed by atoms with Gasteiger partial charge in [0.1, 0.15) is 17.7 Å². The van der Waals surface area contributed by atoms with Crippen LogP contribution in [0.3, 0.4) is 0 Å². The predicted octanol–water partition coefficient (Wildman–Crippen LogP) is 1.23. The Balaban J connectivity index is 2.64. The van der Waals surface area contributed by atoms with Crippen molar-refractivity contribution in [2.75, 3.05) is 6.54 Å². The van der Waals surface area contributed by atoms with Crippen molar-refractivity contribution in [2.45, 2.75) is 12.8 Å². The maximum absolute atomic E-state index is 8.41. The van der Waals surface area contributed by atoms with E-state index in [-0.39, 0.29) is 5.57 Å². The second-order valence-corrected chi connectivity index (χ2v) is 2.53. The predicted molar refractivity (Wildman–Crippen MR) is 44.6 cm³/mol. The molecule has 0 aliphatic carbocycles. The third kappa shape index (κ3) is 2.14. The van der Waals surface area contributed by atoms with Gasteiger partial charge in [0.2, 0.25) is 0 Å². The Bertz CT molecular complexity index is 275. The molecule has 0 amide bonds. The molecule has 0 radical (unpaired) electrons. The summed E-state index contributed by atoms with van der Waals surface area (Å²) in [7, 11) is 0. The molecule has 1 aliphatic heterocycles. The lowest BCUT2D eigenvalue weighted by Crippen LogP contribution is -2.02. The van der Waals surface area contributed by atoms with E-state index >= 15 is 0 Å². The number of hydrogen-bond acceptors (Lipinski definition) is 3. The van der Waals surface area contributed by atoms with Crippen molar-refractivity contribution in [3.63, 3.8) is 0 Å². The van der Waals surface area contributed by atoms with Crippen LogP contribution in [0.25, 0.3) is 0 Å². The first-order valence-corrected chi connectivity index (χ1v) is 3.82. The Labute approximate surface area is 71.6 Å². The van der Waals surface area contributed by atoms with Crippen LogP contribution in [0.5, 0.6) is 0 Å². The molecule has 1 rings (SSSR count). The lowest BCUT2D eigenvalue weighted by Gasteiger charge is -1.92. The van der Waals surface area contributed by atoms with E-state index in [9.17, 15) is 0 Å². The van der Waals surface area contributed by atoms with Gasteiger partial charge in [-0.2, -0.15) is 10.5 Å². The van der Waals surface area contributed by atoms with Gasteiger partial charge in [-0.3, -0.25) is 0 Å². The van der Waals surface area contributed by atoms with Crippen LogP contribution < -0.4 is 5.32 Å². The van der Waals surface area contributed by atoms with E-state index in [0.717, 1.165) is 25.1 Å². The summed E-state index contributed by atoms with van der Waals surface area (Å²) in [6, 6.07) is 3.61. The monoisotopic (exact) mass is 159 g/mol. The Hall–Kier alpha value is -1.74. The lowest BCUT2D eigenvalue weighted by atomic mass is 10.2. The topological polar surface area (TPSA) is 59.6 Å². The molecule has 0 aromatic rings. The molecule has 0 bridgehead atoms. The van der Waals surface area contributed by atoms with Crippen LogP contribution >= 0.6 is 0 Å². The zero-order valence-corrected chi connectivity index (χ0v) is 6.67. The van der Waals surface area contributed by atoms with Crippen LogP contribution in [-0.4, -0.2) is 6.54 Å². The maximum atomic E-state index is 8.41. The highest BCUT2D eigenvalue weighted by molar-refractivity contribution is 5.38. The molecule has 0 aromatic heterocycles. The number of hydrogen-bond donors (Lipinski definition) is 1. The van der Waals surface area contributed by atoms with E-state index in [2.05, 4.69) is 5.32 Å². The van der Waals surface area contributed by atoms with Crippen LogP contribution in [0.2, 0.25) is 0 Å². The van der Waals surface area contributed by atoms with Gasteiger partial charge in [0, 0.05) is 12.2 Å². The minimum absolute atomic E-state index is 0.149. The third-order valence-corrected chi connectivity index (χ3v) is 1.67. The number of nitriles is 2. The first kappa shape index (κ1) is 8.36. The average molecular weight is 159 g/mol. The second kappa shape index (κ2) is 4.20. The van der Waals surface area contributed by atoms with Gasteiger partial charge < -0.3 is 5.32 Å². The van der Waals surface area contributed by atoms with E-state index in [0.29, 0.717) is 0 Å². The van der Waals surface area contributed by atoms with Gasteiger partial charge in [-0.1, -0.05) is 0 Å². The average Bonchev–Trinajstić information content (AvgIpc) is 2.59. The van der Waals surface area contributed by atoms with Gasteiger partial charge in [-0.15, -0.1) is 0 Å². The van der Waals surface area contributed by atoms with E-state index in [1.165, 1.54) is 0 Å². The van der Waals surface area contributed by atoms with Crippen LogP contribution in [-0.2, 0) is 0 Å². The second-order valence-electron chi connectivity index (χ2n) is 2.53. The molecule has 0 spiro atoms. The maximum Gasteiger partial charge on any atom is 0.129 e. The number of nitrogens with zero attached hydrogens (tertiary/aromatic N) is 2. The van der Waals surface area contributed by atoms with Gasteiger partial charge in [0.25, 0.3) is 0 Å². The van der Waals surface area contributed by atoms with Crippen molar-refractivity contribution >= 4 is 0 Å². The molecule has 0 unspecified atom stereocenters. The lowest BCUT2D eigenvalue weighted by molar-refractivity contribution is 0.903. The van der Waals surface area contributed by atoms with Crippen molar-refractivity contribution in [3.05, 3.63) is 23.4 Å². The highest BCUT2D eigenvalue weighted by Gasteiger charge is 2.02. The highest BCUT2D eigenvalue weighted by atomic mass is 14.9. The van der Waals surface area contributed by atoms with Crippen molar-refractivity contribution in [1.29, 1.82) is 10.5 Å². The molecule has 3 nitrogen and oxygen atoms in total. The summed E-state index contributed by atoms with van der Waals surface area (Å²) in [6.07, 6.45) is 5.50. The Morgan fingerprint density at radius 2 is 2.17 bits per heavy atom. The quantitative estimate of drug-likeness (QED) is 0.585. The number of rotatable bonds is 1. The van der Waals surface area contributed by atoms with Crippen molar-refractivity contribution in [3.8, 4) is 12.1 Å². The van der Waals surface area contributed by atoms with Crippen LogP contribution in [0.4, 0.5) is 0 Å². The SMILES string of the molecule is N#CC(C#N)=C/C=C1\CCCN1. The fraction of sp³-hybridized carbons (Fsp3) is 0.333. The summed E-state index contributed by atoms with van der Waals surface area (Å²) in [4.78, 5) is 0. The first-order chi connectivity index (χ1) is 5.86. The van der Waals surface area contributed by atoms with Gasteiger partial charge in [0.05, 0.1) is 0 Å². The first-order valence-electron chi connectivity index (χ1n) is 3.82. The van der Waals surface area contributed by atoms with Crippen LogP contribution in [0.1, 0.15) is 12.8 Å². The molecule has 1 N–H and O–H groups in total. The summed E-state index contributed by atoms with van der Waals surface area (Å²) in [5.41, 5.74) is 1.26. The summed E-state index contributed by atoms with van der Waals surface area (Å²) in [5, 5.41) is 20.0. The van der Waals surface area contributed by atoms with Crippen molar-refractivity contribution in [1.82, 2.24) is 5.32 Å². The van der Waals surface area contributed by atoms with Gasteiger partial charge in [-0.25, -0.2) is 0 Å². The molecule has 3 heteroatoms. The number of nitrogens with one attached hydrogen (secondary N) is 1. The molecule has 0 atom stereocenters. The molecule has 12 heavy (non-hydrogen) atoms. The largest absolute Gasteiger partial charge is 0.388 e. The molecule has 1 fully saturated rings. The van der Waals surface area contributed by atoms with Gasteiger partial charge in [-0.05, 0) is 25.0 Å². The zero-order chi connectivity index (χ0) is 8.81. The molecule has 60 valence electrons.